The van der Waals surface area contributed by atoms with Crippen molar-refractivity contribution in [2.24, 2.45) is 5.73 Å². The van der Waals surface area contributed by atoms with Gasteiger partial charge in [0.2, 0.25) is 0 Å². The smallest absolute Gasteiger partial charge is 0.367 e. The van der Waals surface area contributed by atoms with Crippen LogP contribution in [0.25, 0.3) is 0 Å². The summed E-state index contributed by atoms with van der Waals surface area (Å²) in [7, 11) is 0. The Bertz CT molecular complexity index is 979. The number of hydroxylamine groups is 1. The summed E-state index contributed by atoms with van der Waals surface area (Å²) in [6.07, 6.45) is -4.36. The molecule has 5 N–H and O–H groups in total. The average molecular weight is 449 g/mol. The molecule has 0 unspecified atom stereocenters. The zero-order valence-electron chi connectivity index (χ0n) is 17.1. The summed E-state index contributed by atoms with van der Waals surface area (Å²) in [4.78, 5) is 23.9. The zero-order valence-corrected chi connectivity index (χ0v) is 17.1. The van der Waals surface area contributed by atoms with E-state index >= 15 is 0 Å². The topological polar surface area (TPSA) is 114 Å². The lowest BCUT2D eigenvalue weighted by Crippen LogP contribution is -2.54. The largest absolute Gasteiger partial charge is 0.411 e. The number of amides is 2. The van der Waals surface area contributed by atoms with Gasteiger partial charge in [-0.1, -0.05) is 24.0 Å². The van der Waals surface area contributed by atoms with Crippen LogP contribution in [0.2, 0.25) is 0 Å². The molecule has 0 aliphatic heterocycles. The van der Waals surface area contributed by atoms with E-state index in [1.54, 1.807) is 36.4 Å². The lowest BCUT2D eigenvalue weighted by Gasteiger charge is -2.20. The molecule has 0 saturated heterocycles. The summed E-state index contributed by atoms with van der Waals surface area (Å²) in [6, 6.07) is 11.1. The molecule has 10 heteroatoms. The standard InChI is InChI=1S/C22H22F3N3O4/c1-14(26)19(21(30)28-31)27-20(29)18-10-8-16(9-11-18)3-2-15-4-6-17(7-5-15)12-32-13-22(23,24)25/h4-11,14,19,31H,12-13,26H2,1H3,(H,27,29)(H,28,30)/t14-,19+/m1/s1. The van der Waals surface area contributed by atoms with Gasteiger partial charge in [-0.05, 0) is 48.9 Å². The fourth-order valence-electron chi connectivity index (χ4n) is 2.55. The van der Waals surface area contributed by atoms with E-state index in [2.05, 4.69) is 21.9 Å². The Morgan fingerprint density at radius 2 is 1.59 bits per heavy atom. The fraction of sp³-hybridized carbons (Fsp3) is 0.273. The Morgan fingerprint density at radius 3 is 2.06 bits per heavy atom. The molecule has 0 aromatic heterocycles. The predicted molar refractivity (Wildman–Crippen MR) is 109 cm³/mol. The maximum Gasteiger partial charge on any atom is 0.411 e. The van der Waals surface area contributed by atoms with E-state index in [4.69, 9.17) is 10.9 Å². The second-order valence-corrected chi connectivity index (χ2v) is 6.92. The second-order valence-electron chi connectivity index (χ2n) is 6.92. The zero-order chi connectivity index (χ0) is 23.7. The third kappa shape index (κ3) is 8.03. The Kier molecular flexibility index (Phi) is 8.78. The van der Waals surface area contributed by atoms with Gasteiger partial charge in [-0.3, -0.25) is 14.8 Å². The Balaban J connectivity index is 1.97. The molecule has 0 aliphatic rings. The number of halogens is 3. The van der Waals surface area contributed by atoms with Crippen LogP contribution in [0.15, 0.2) is 48.5 Å². The molecule has 2 amide bonds. The van der Waals surface area contributed by atoms with E-state index in [0.717, 1.165) is 0 Å². The van der Waals surface area contributed by atoms with Gasteiger partial charge < -0.3 is 15.8 Å². The minimum absolute atomic E-state index is 0.152. The molecule has 2 atom stereocenters. The molecule has 32 heavy (non-hydrogen) atoms. The maximum absolute atomic E-state index is 12.3. The van der Waals surface area contributed by atoms with Crippen LogP contribution in [0, 0.1) is 11.8 Å². The Labute approximate surface area is 182 Å². The van der Waals surface area contributed by atoms with Crippen molar-refractivity contribution in [2.45, 2.75) is 31.8 Å². The van der Waals surface area contributed by atoms with Gasteiger partial charge in [0, 0.05) is 22.7 Å². The normalized spacial score (nSPS) is 12.8. The first-order valence-electron chi connectivity index (χ1n) is 9.45. The molecule has 0 spiro atoms. The van der Waals surface area contributed by atoms with Crippen molar-refractivity contribution in [3.8, 4) is 11.8 Å². The Hall–Kier alpha value is -3.39. The third-order valence-corrected chi connectivity index (χ3v) is 4.19. The number of hydrogen-bond acceptors (Lipinski definition) is 5. The molecule has 2 aromatic rings. The van der Waals surface area contributed by atoms with Gasteiger partial charge in [-0.25, -0.2) is 5.48 Å². The highest BCUT2D eigenvalue weighted by Crippen LogP contribution is 2.15. The number of alkyl halides is 3. The lowest BCUT2D eigenvalue weighted by atomic mass is 10.1. The summed E-state index contributed by atoms with van der Waals surface area (Å²) in [5.41, 5.74) is 9.25. The first kappa shape index (κ1) is 24.9. The van der Waals surface area contributed by atoms with Gasteiger partial charge in [0.05, 0.1) is 6.61 Å². The quantitative estimate of drug-likeness (QED) is 0.294. The monoisotopic (exact) mass is 449 g/mol. The first-order chi connectivity index (χ1) is 15.1. The second kappa shape index (κ2) is 11.3. The molecule has 0 fully saturated rings. The van der Waals surface area contributed by atoms with E-state index in [1.807, 2.05) is 0 Å². The minimum atomic E-state index is -4.36. The maximum atomic E-state index is 12.3. The van der Waals surface area contributed by atoms with Crippen LogP contribution in [-0.2, 0) is 16.1 Å². The molecule has 0 bridgehead atoms. The number of nitrogens with two attached hydrogens (primary N) is 1. The minimum Gasteiger partial charge on any atom is -0.367 e. The van der Waals surface area contributed by atoms with Crippen LogP contribution < -0.4 is 16.5 Å². The van der Waals surface area contributed by atoms with Crippen LogP contribution in [0.3, 0.4) is 0 Å². The van der Waals surface area contributed by atoms with Crippen molar-refractivity contribution in [2.75, 3.05) is 6.61 Å². The van der Waals surface area contributed by atoms with Crippen LogP contribution in [0.1, 0.15) is 34.0 Å². The highest BCUT2D eigenvalue weighted by atomic mass is 19.4. The van der Waals surface area contributed by atoms with E-state index < -0.39 is 36.7 Å². The molecular weight excluding hydrogens is 427 g/mol. The van der Waals surface area contributed by atoms with E-state index in [0.29, 0.717) is 16.7 Å². The van der Waals surface area contributed by atoms with Gasteiger partial charge in [-0.2, -0.15) is 13.2 Å². The molecule has 0 radical (unpaired) electrons. The van der Waals surface area contributed by atoms with Gasteiger partial charge in [-0.15, -0.1) is 0 Å². The molecule has 0 aliphatic carbocycles. The summed E-state index contributed by atoms with van der Waals surface area (Å²) in [6.45, 7) is 0.0601. The van der Waals surface area contributed by atoms with E-state index in [9.17, 15) is 22.8 Å². The van der Waals surface area contributed by atoms with E-state index in [-0.39, 0.29) is 12.2 Å². The van der Waals surface area contributed by atoms with Crippen molar-refractivity contribution in [3.05, 3.63) is 70.8 Å². The first-order valence-corrected chi connectivity index (χ1v) is 9.45. The number of carbonyl (C=O) groups is 2. The number of hydrogen-bond donors (Lipinski definition) is 4. The van der Waals surface area contributed by atoms with Gasteiger partial charge in [0.15, 0.2) is 0 Å². The lowest BCUT2D eigenvalue weighted by molar-refractivity contribution is -0.176. The van der Waals surface area contributed by atoms with Crippen molar-refractivity contribution >= 4 is 11.8 Å². The van der Waals surface area contributed by atoms with Crippen molar-refractivity contribution < 1.29 is 32.7 Å². The Morgan fingerprint density at radius 1 is 1.06 bits per heavy atom. The summed E-state index contributed by atoms with van der Waals surface area (Å²) in [5, 5.41) is 11.2. The summed E-state index contributed by atoms with van der Waals surface area (Å²) >= 11 is 0. The highest BCUT2D eigenvalue weighted by Gasteiger charge is 2.27. The highest BCUT2D eigenvalue weighted by molar-refractivity contribution is 5.97. The number of carbonyl (C=O) groups excluding carboxylic acids is 2. The summed E-state index contributed by atoms with van der Waals surface area (Å²) < 4.78 is 40.9. The average Bonchev–Trinajstić information content (AvgIpc) is 2.75. The fourth-order valence-corrected chi connectivity index (χ4v) is 2.55. The SMILES string of the molecule is C[C@@H](N)[C@H](NC(=O)c1ccc(C#Cc2ccc(COCC(F)(F)F)cc2)cc1)C(=O)NO. The van der Waals surface area contributed by atoms with E-state index in [1.165, 1.54) is 24.5 Å². The summed E-state index contributed by atoms with van der Waals surface area (Å²) in [5.74, 6) is 4.47. The van der Waals surface area contributed by atoms with Crippen LogP contribution in [0.5, 0.6) is 0 Å². The molecule has 2 rings (SSSR count). The molecular formula is C22H22F3N3O4. The van der Waals surface area contributed by atoms with Crippen LogP contribution >= 0.6 is 0 Å². The van der Waals surface area contributed by atoms with Gasteiger partial charge >= 0.3 is 6.18 Å². The van der Waals surface area contributed by atoms with Crippen molar-refractivity contribution in [3.63, 3.8) is 0 Å². The number of ether oxygens (including phenoxy) is 1. The van der Waals surface area contributed by atoms with Gasteiger partial charge in [0.25, 0.3) is 11.8 Å². The number of nitrogens with one attached hydrogen (secondary N) is 2. The molecule has 7 nitrogen and oxygen atoms in total. The van der Waals surface area contributed by atoms with Crippen LogP contribution in [-0.4, -0.2) is 41.9 Å². The molecule has 2 aromatic carbocycles. The number of rotatable bonds is 7. The predicted octanol–water partition coefficient (Wildman–Crippen LogP) is 2.12. The van der Waals surface area contributed by atoms with Crippen molar-refractivity contribution in [1.29, 1.82) is 0 Å². The van der Waals surface area contributed by atoms with Gasteiger partial charge in [0.1, 0.15) is 12.6 Å². The van der Waals surface area contributed by atoms with Crippen molar-refractivity contribution in [1.82, 2.24) is 10.8 Å². The molecule has 0 saturated carbocycles. The molecule has 170 valence electrons. The number of benzene rings is 2. The third-order valence-electron chi connectivity index (χ3n) is 4.19. The molecule has 0 heterocycles. The van der Waals surface area contributed by atoms with Crippen LogP contribution in [0.4, 0.5) is 13.2 Å².